The molecule has 0 unspecified atom stereocenters. The van der Waals surface area contributed by atoms with Crippen molar-refractivity contribution >= 4 is 124 Å². The van der Waals surface area contributed by atoms with Crippen molar-refractivity contribution in [2.24, 2.45) is 0 Å². The van der Waals surface area contributed by atoms with E-state index in [9.17, 15) is 57.4 Å². The van der Waals surface area contributed by atoms with Gasteiger partial charge in [-0.3, -0.25) is 19.2 Å². The number of aromatic hydroxyl groups is 2. The first kappa shape index (κ1) is 95.7. The number of ketones is 4. The van der Waals surface area contributed by atoms with E-state index < -0.39 is 116 Å². The zero-order valence-corrected chi connectivity index (χ0v) is 68.4. The van der Waals surface area contributed by atoms with Gasteiger partial charge in [-0.25, -0.2) is 65.8 Å². The molecule has 14 aromatic rings. The van der Waals surface area contributed by atoms with E-state index >= 15 is 8.78 Å². The Morgan fingerprint density at radius 2 is 0.664 bits per heavy atom. The normalized spacial score (nSPS) is 11.1. The highest BCUT2D eigenvalue weighted by molar-refractivity contribution is 9.10. The minimum Gasteiger partial charge on any atom is -0.505 e. The molecule has 6 aromatic carbocycles. The van der Waals surface area contributed by atoms with Crippen molar-refractivity contribution in [2.75, 3.05) is 0 Å². The Hall–Kier alpha value is -13.5. The number of fused-ring (bicyclic) bond motifs is 4. The number of carbonyl (C=O) groups excluding carboxylic acids is 8. The molecule has 0 saturated heterocycles. The minimum atomic E-state index is -1.11. The SMILES string of the molecule is C.C.C.C.CC(C)(C)OC(=O)Oc1cccc(C(=O)c2cn(C(=O)OC(C)(C)C)c3ncc(-c4ccccc4)cc23)c1F.CC(C)(C)OC(=O)Oc1cccc(C(=O)c2cn(C(=O)OC(C)(C)C)c3ncc(Br)cc23)c1F.O=C(c1cccc(O)c1F)c1c[nH]c2ncc(-c3ccccc3)cc12.O=C(c1cccc(O)c1F)c1c[nH]c2ncc(Br)cc12. The monoisotopic (exact) mass is 1800 g/mol. The molecule has 14 rings (SSSR count). The molecule has 0 fully saturated rings. The predicted molar refractivity (Wildman–Crippen MR) is 464 cm³/mol. The fraction of sp³-hybridized carbons (Fsp3) is 0.217. The molecule has 4 N–H and O–H groups in total. The van der Waals surface area contributed by atoms with Crippen LogP contribution in [0.15, 0.2) is 216 Å². The third-order valence-electron chi connectivity index (χ3n) is 16.7. The molecule has 0 aliphatic rings. The summed E-state index contributed by atoms with van der Waals surface area (Å²) in [6.07, 6.45) is 8.20. The van der Waals surface area contributed by atoms with Gasteiger partial charge in [0.1, 0.15) is 45.0 Å². The van der Waals surface area contributed by atoms with Crippen LogP contribution in [-0.2, 0) is 18.9 Å². The Labute approximate surface area is 717 Å². The highest BCUT2D eigenvalue weighted by Gasteiger charge is 2.32. The molecule has 8 heterocycles. The van der Waals surface area contributed by atoms with E-state index in [2.05, 4.69) is 61.8 Å². The lowest BCUT2D eigenvalue weighted by Gasteiger charge is -2.19. The first-order valence-electron chi connectivity index (χ1n) is 36.0. The average molecular weight is 1800 g/mol. The number of aromatic amines is 2. The number of benzene rings is 6. The second-order valence-electron chi connectivity index (χ2n) is 30.2. The zero-order chi connectivity index (χ0) is 85.6. The summed E-state index contributed by atoms with van der Waals surface area (Å²) in [5, 5.41) is 20.7. The molecule has 0 radical (unpaired) electrons. The maximum atomic E-state index is 15.5. The van der Waals surface area contributed by atoms with Crippen LogP contribution in [0.5, 0.6) is 23.0 Å². The van der Waals surface area contributed by atoms with Crippen molar-refractivity contribution in [3.63, 3.8) is 0 Å². The third-order valence-corrected chi connectivity index (χ3v) is 17.5. The summed E-state index contributed by atoms with van der Waals surface area (Å²) in [5.74, 6) is -8.44. The fourth-order valence-electron chi connectivity index (χ4n) is 11.6. The number of phenolic OH excluding ortho intramolecular Hbond substituents is 2. The Morgan fingerprint density at radius 1 is 0.352 bits per heavy atom. The van der Waals surface area contributed by atoms with Gasteiger partial charge in [-0.05, 0) is 199 Å². The van der Waals surface area contributed by atoms with Gasteiger partial charge in [0.25, 0.3) is 0 Å². The maximum absolute atomic E-state index is 15.5. The van der Waals surface area contributed by atoms with Crippen molar-refractivity contribution in [1.82, 2.24) is 39.0 Å². The molecule has 24 nitrogen and oxygen atoms in total. The second kappa shape index (κ2) is 39.2. The van der Waals surface area contributed by atoms with E-state index in [0.717, 1.165) is 30.3 Å². The van der Waals surface area contributed by atoms with Crippen LogP contribution in [0.1, 0.15) is 176 Å². The van der Waals surface area contributed by atoms with Gasteiger partial charge in [0.05, 0.1) is 33.4 Å². The summed E-state index contributed by atoms with van der Waals surface area (Å²) >= 11 is 6.58. The lowest BCUT2D eigenvalue weighted by molar-refractivity contribution is 0.0185. The first-order valence-corrected chi connectivity index (χ1v) is 37.6. The Morgan fingerprint density at radius 3 is 1.06 bits per heavy atom. The van der Waals surface area contributed by atoms with E-state index in [0.29, 0.717) is 54.0 Å². The fourth-order valence-corrected chi connectivity index (χ4v) is 12.3. The maximum Gasteiger partial charge on any atom is 0.514 e. The molecule has 0 bridgehead atoms. The second-order valence-corrected chi connectivity index (χ2v) is 32.0. The number of hydrogen-bond acceptors (Lipinski definition) is 20. The van der Waals surface area contributed by atoms with Gasteiger partial charge in [-0.2, -0.15) is 0 Å². The van der Waals surface area contributed by atoms with Crippen molar-refractivity contribution in [3.8, 4) is 45.3 Å². The van der Waals surface area contributed by atoms with Crippen LogP contribution in [0, 0.1) is 23.3 Å². The van der Waals surface area contributed by atoms with Gasteiger partial charge < -0.3 is 48.6 Å². The molecule has 636 valence electrons. The van der Waals surface area contributed by atoms with Crippen molar-refractivity contribution in [2.45, 2.75) is 135 Å². The molecule has 30 heteroatoms. The number of nitrogens with zero attached hydrogens (tertiary/aromatic N) is 6. The number of carbonyl (C=O) groups is 8. The van der Waals surface area contributed by atoms with Gasteiger partial charge in [0.2, 0.25) is 0 Å². The van der Waals surface area contributed by atoms with Gasteiger partial charge in [0.15, 0.2) is 69.4 Å². The summed E-state index contributed by atoms with van der Waals surface area (Å²) in [6, 6.07) is 41.6. The van der Waals surface area contributed by atoms with Crippen LogP contribution in [0.3, 0.4) is 0 Å². The number of halogens is 6. The van der Waals surface area contributed by atoms with Crippen LogP contribution in [-0.4, -0.2) is 119 Å². The number of pyridine rings is 4. The van der Waals surface area contributed by atoms with E-state index in [1.54, 1.807) is 120 Å². The van der Waals surface area contributed by atoms with Crippen LogP contribution in [0.25, 0.3) is 66.4 Å². The Kier molecular flexibility index (Phi) is 30.7. The molecular formula is C92H90Br2F4N8O16. The number of aromatic nitrogens is 8. The highest BCUT2D eigenvalue weighted by atomic mass is 79.9. The van der Waals surface area contributed by atoms with E-state index in [4.69, 9.17) is 28.4 Å². The summed E-state index contributed by atoms with van der Waals surface area (Å²) in [4.78, 5) is 125. The molecule has 0 amide bonds. The molecule has 0 atom stereocenters. The smallest absolute Gasteiger partial charge is 0.505 e. The van der Waals surface area contributed by atoms with E-state index in [1.807, 2.05) is 66.7 Å². The largest absolute Gasteiger partial charge is 0.514 e. The quantitative estimate of drug-likeness (QED) is 0.0290. The minimum absolute atomic E-state index is 0. The molecule has 0 aliphatic carbocycles. The lowest BCUT2D eigenvalue weighted by Crippen LogP contribution is -2.27. The Bertz CT molecular complexity index is 6260. The molecule has 0 saturated carbocycles. The molecular weight excluding hydrogens is 1710 g/mol. The third kappa shape index (κ3) is 22.7. The number of hydrogen-bond donors (Lipinski definition) is 4. The van der Waals surface area contributed by atoms with E-state index in [1.165, 1.54) is 104 Å². The van der Waals surface area contributed by atoms with Crippen LogP contribution >= 0.6 is 31.9 Å². The number of H-pyrrole nitrogens is 2. The first-order chi connectivity index (χ1) is 55.6. The number of nitrogens with one attached hydrogen (secondary N) is 2. The molecule has 0 spiro atoms. The Balaban J connectivity index is 0.000000227. The summed E-state index contributed by atoms with van der Waals surface area (Å²) < 4.78 is 93.1. The van der Waals surface area contributed by atoms with Crippen LogP contribution in [0.2, 0.25) is 0 Å². The van der Waals surface area contributed by atoms with Crippen molar-refractivity contribution < 1.29 is 94.6 Å². The summed E-state index contributed by atoms with van der Waals surface area (Å²) in [6.45, 7) is 20.1. The van der Waals surface area contributed by atoms with Crippen LogP contribution < -0.4 is 9.47 Å². The zero-order valence-electron chi connectivity index (χ0n) is 65.2. The summed E-state index contributed by atoms with van der Waals surface area (Å²) in [7, 11) is 0. The van der Waals surface area contributed by atoms with Crippen LogP contribution in [0.4, 0.5) is 36.7 Å². The van der Waals surface area contributed by atoms with Crippen molar-refractivity contribution in [3.05, 3.63) is 284 Å². The lowest BCUT2D eigenvalue weighted by atomic mass is 10.0. The highest BCUT2D eigenvalue weighted by Crippen LogP contribution is 2.36. The van der Waals surface area contributed by atoms with E-state index in [-0.39, 0.29) is 74.4 Å². The number of rotatable bonds is 12. The topological polar surface area (TPSA) is 325 Å². The van der Waals surface area contributed by atoms with Gasteiger partial charge in [-0.1, -0.05) is 115 Å². The average Bonchev–Trinajstić information content (AvgIpc) is 1.61. The molecule has 8 aromatic heterocycles. The van der Waals surface area contributed by atoms with Crippen molar-refractivity contribution in [1.29, 1.82) is 0 Å². The molecule has 0 aliphatic heterocycles. The predicted octanol–water partition coefficient (Wildman–Crippen LogP) is 23.7. The standard InChI is InChI=1S/C30H29FN2O6.C24H24BrFN2O6.C20H13FN2O2.C14H8BrFN2O2.4CH4/c1-29(2,3)38-27(35)33-17-22(21-15-19(16-32-26(21)33)18-11-8-7-9-12-18)25(34)20-13-10-14-23(24(20)31)37-28(36)39-30(4,5)6;1-23(2,3)33-21(30)28-12-16(15-10-13(25)11-27-20(15)28)19(29)14-8-7-9-17(18(14)26)32-22(31)34-24(4,5)6;21-18-14(7-4-8-17(18)24)19(25)16-11-23-20-15(16)9-13(10-22-20)12-5-2-1-3-6-12;15-7-4-9-10(6-18-14(9)17-5-7)13(20)8-2-1-3-11(19)12(8)16;;;;/h7-17H,1-6H3;7-12H,1-6H3;1-11,24H,(H,22,23);1-6,19H,(H,17,18);4*1H4. The van der Waals surface area contributed by atoms with Gasteiger partial charge in [-0.15, -0.1) is 0 Å². The molecule has 122 heavy (non-hydrogen) atoms. The van der Waals surface area contributed by atoms with Gasteiger partial charge in [0, 0.05) is 102 Å². The number of phenols is 2. The number of ether oxygens (including phenoxy) is 6. The van der Waals surface area contributed by atoms with Gasteiger partial charge >= 0.3 is 24.5 Å². The summed E-state index contributed by atoms with van der Waals surface area (Å²) in [5.41, 5.74) is 1.10.